The van der Waals surface area contributed by atoms with Crippen LogP contribution in [0.2, 0.25) is 0 Å². The van der Waals surface area contributed by atoms with Crippen LogP contribution in [0.15, 0.2) is 12.0 Å². The number of ether oxygens (including phenoxy) is 2. The summed E-state index contributed by atoms with van der Waals surface area (Å²) in [4.78, 5) is 11.2. The Morgan fingerprint density at radius 3 is 1.73 bits per heavy atom. The Hall–Kier alpha value is -1.19. The predicted molar refractivity (Wildman–Crippen MR) is 57.4 cm³/mol. The van der Waals surface area contributed by atoms with E-state index in [4.69, 9.17) is 9.47 Å². The zero-order chi connectivity index (χ0) is 12.3. The second kappa shape index (κ2) is 4.55. The second-order valence-corrected chi connectivity index (χ2v) is 5.23. The summed E-state index contributed by atoms with van der Waals surface area (Å²) in [6.45, 7) is 10.6. The van der Waals surface area contributed by atoms with Crippen molar-refractivity contribution in [2.24, 2.45) is 0 Å². The Morgan fingerprint density at radius 2 is 1.40 bits per heavy atom. The minimum atomic E-state index is -0.621. The van der Waals surface area contributed by atoms with E-state index in [1.165, 1.54) is 0 Å². The minimum absolute atomic E-state index is 0.434. The molecule has 0 unspecified atom stereocenters. The molecule has 0 saturated carbocycles. The van der Waals surface area contributed by atoms with Gasteiger partial charge in [-0.05, 0) is 41.5 Å². The molecule has 0 saturated heterocycles. The molecule has 0 heterocycles. The van der Waals surface area contributed by atoms with Crippen LogP contribution in [0.1, 0.15) is 41.5 Å². The maximum Gasteiger partial charge on any atom is 0.338 e. The molecule has 0 radical (unpaired) electrons. The molecule has 15 heavy (non-hydrogen) atoms. The maximum atomic E-state index is 11.2. The van der Waals surface area contributed by atoms with Gasteiger partial charge < -0.3 is 14.6 Å². The van der Waals surface area contributed by atoms with E-state index in [1.54, 1.807) is 41.5 Å². The van der Waals surface area contributed by atoms with Crippen molar-refractivity contribution in [1.82, 2.24) is 0 Å². The van der Waals surface area contributed by atoms with Crippen LogP contribution in [-0.4, -0.2) is 22.3 Å². The number of hydrogen-bond acceptors (Lipinski definition) is 4. The summed E-state index contributed by atoms with van der Waals surface area (Å²) in [6, 6.07) is 0. The lowest BCUT2D eigenvalue weighted by atomic mass is 10.2. The van der Waals surface area contributed by atoms with Gasteiger partial charge in [-0.1, -0.05) is 0 Å². The third-order valence-electron chi connectivity index (χ3n) is 1.06. The van der Waals surface area contributed by atoms with Crippen LogP contribution in [0.4, 0.5) is 0 Å². The Morgan fingerprint density at radius 1 is 1.00 bits per heavy atom. The second-order valence-electron chi connectivity index (χ2n) is 5.23. The molecule has 0 aromatic heterocycles. The van der Waals surface area contributed by atoms with Crippen molar-refractivity contribution in [3.63, 3.8) is 0 Å². The van der Waals surface area contributed by atoms with Crippen LogP contribution in [0.5, 0.6) is 0 Å². The van der Waals surface area contributed by atoms with E-state index in [2.05, 4.69) is 0 Å². The topological polar surface area (TPSA) is 55.8 Å². The molecule has 0 rings (SSSR count). The maximum absolute atomic E-state index is 11.2. The van der Waals surface area contributed by atoms with Crippen LogP contribution < -0.4 is 0 Å². The van der Waals surface area contributed by atoms with Gasteiger partial charge in [0, 0.05) is 0 Å². The van der Waals surface area contributed by atoms with Gasteiger partial charge in [0.05, 0.1) is 0 Å². The Bertz CT molecular complexity index is 253. The van der Waals surface area contributed by atoms with Gasteiger partial charge in [-0.25, -0.2) is 4.79 Å². The lowest BCUT2D eigenvalue weighted by Crippen LogP contribution is -2.24. The quantitative estimate of drug-likeness (QED) is 0.438. The monoisotopic (exact) mass is 216 g/mol. The molecule has 88 valence electrons. The summed E-state index contributed by atoms with van der Waals surface area (Å²) in [5.41, 5.74) is -1.11. The Labute approximate surface area is 90.9 Å². The van der Waals surface area contributed by atoms with Crippen molar-refractivity contribution in [1.29, 1.82) is 0 Å². The Kier molecular flexibility index (Phi) is 4.19. The summed E-state index contributed by atoms with van der Waals surface area (Å²) >= 11 is 0. The molecule has 0 spiro atoms. The summed E-state index contributed by atoms with van der Waals surface area (Å²) in [6.07, 6.45) is 0.927. The first-order valence-corrected chi connectivity index (χ1v) is 4.82. The SMILES string of the molecule is CC(C)(C)OC(=O)C=C(O)OC(C)(C)C. The zero-order valence-electron chi connectivity index (χ0n) is 10.2. The van der Waals surface area contributed by atoms with Crippen molar-refractivity contribution in [2.45, 2.75) is 52.7 Å². The molecular formula is C11H20O4. The molecule has 0 atom stereocenters. The first-order chi connectivity index (χ1) is 6.49. The van der Waals surface area contributed by atoms with Gasteiger partial charge in [0.2, 0.25) is 0 Å². The number of rotatable bonds is 2. The Balaban J connectivity index is 4.31. The molecule has 0 amide bonds. The largest absolute Gasteiger partial charge is 0.481 e. The molecule has 0 aliphatic heterocycles. The first-order valence-electron chi connectivity index (χ1n) is 4.82. The van der Waals surface area contributed by atoms with E-state index in [0.717, 1.165) is 6.08 Å². The number of esters is 1. The fraction of sp³-hybridized carbons (Fsp3) is 0.727. The van der Waals surface area contributed by atoms with Gasteiger partial charge >= 0.3 is 5.97 Å². The molecule has 0 aromatic rings. The molecule has 4 heteroatoms. The molecule has 4 nitrogen and oxygen atoms in total. The minimum Gasteiger partial charge on any atom is -0.481 e. The molecule has 0 aromatic carbocycles. The fourth-order valence-corrected chi connectivity index (χ4v) is 0.775. The van der Waals surface area contributed by atoms with E-state index in [9.17, 15) is 9.90 Å². The highest BCUT2D eigenvalue weighted by Gasteiger charge is 2.18. The highest BCUT2D eigenvalue weighted by Crippen LogP contribution is 2.13. The average Bonchev–Trinajstić information content (AvgIpc) is 1.73. The molecular weight excluding hydrogens is 196 g/mol. The smallest absolute Gasteiger partial charge is 0.338 e. The van der Waals surface area contributed by atoms with Gasteiger partial charge in [-0.3, -0.25) is 0 Å². The number of hydrogen-bond donors (Lipinski definition) is 1. The van der Waals surface area contributed by atoms with E-state index < -0.39 is 23.1 Å². The van der Waals surface area contributed by atoms with E-state index in [1.807, 2.05) is 0 Å². The molecule has 1 N–H and O–H groups in total. The van der Waals surface area contributed by atoms with Gasteiger partial charge in [0.1, 0.15) is 17.3 Å². The van der Waals surface area contributed by atoms with E-state index in [-0.39, 0.29) is 0 Å². The van der Waals surface area contributed by atoms with Crippen LogP contribution in [-0.2, 0) is 14.3 Å². The van der Waals surface area contributed by atoms with Crippen molar-refractivity contribution in [2.75, 3.05) is 0 Å². The summed E-state index contributed by atoms with van der Waals surface area (Å²) in [5, 5.41) is 9.29. The van der Waals surface area contributed by atoms with Crippen molar-refractivity contribution >= 4 is 5.97 Å². The van der Waals surface area contributed by atoms with Gasteiger partial charge in [-0.15, -0.1) is 0 Å². The van der Waals surface area contributed by atoms with Crippen molar-refractivity contribution in [3.8, 4) is 0 Å². The normalized spacial score (nSPS) is 13.6. The molecule has 0 bridgehead atoms. The standard InChI is InChI=1S/C11H20O4/c1-10(2,3)14-8(12)7-9(13)15-11(4,5)6/h7,12H,1-6H3. The van der Waals surface area contributed by atoms with Crippen molar-refractivity contribution < 1.29 is 19.4 Å². The van der Waals surface area contributed by atoms with Crippen LogP contribution in [0, 0.1) is 0 Å². The fourth-order valence-electron chi connectivity index (χ4n) is 0.775. The highest BCUT2D eigenvalue weighted by atomic mass is 16.6. The predicted octanol–water partition coefficient (Wildman–Crippen LogP) is 2.54. The summed E-state index contributed by atoms with van der Waals surface area (Å²) in [7, 11) is 0. The molecule has 0 aliphatic rings. The first kappa shape index (κ1) is 13.8. The van der Waals surface area contributed by atoms with Crippen LogP contribution in [0.25, 0.3) is 0 Å². The third-order valence-corrected chi connectivity index (χ3v) is 1.06. The highest BCUT2D eigenvalue weighted by molar-refractivity contribution is 5.82. The summed E-state index contributed by atoms with van der Waals surface area (Å²) < 4.78 is 10.0. The lowest BCUT2D eigenvalue weighted by molar-refractivity contribution is -0.149. The number of aliphatic hydroxyl groups excluding tert-OH is 1. The molecule has 0 fully saturated rings. The average molecular weight is 216 g/mol. The number of aliphatic hydroxyl groups is 1. The van der Waals surface area contributed by atoms with Crippen LogP contribution >= 0.6 is 0 Å². The van der Waals surface area contributed by atoms with E-state index >= 15 is 0 Å². The van der Waals surface area contributed by atoms with Gasteiger partial charge in [0.25, 0.3) is 5.95 Å². The van der Waals surface area contributed by atoms with Gasteiger partial charge in [0.15, 0.2) is 0 Å². The number of carbonyl (C=O) groups excluding carboxylic acids is 1. The lowest BCUT2D eigenvalue weighted by Gasteiger charge is -2.21. The van der Waals surface area contributed by atoms with Crippen LogP contribution in [0.3, 0.4) is 0 Å². The van der Waals surface area contributed by atoms with Gasteiger partial charge in [-0.2, -0.15) is 0 Å². The van der Waals surface area contributed by atoms with Crippen molar-refractivity contribution in [3.05, 3.63) is 12.0 Å². The molecule has 0 aliphatic carbocycles. The summed E-state index contributed by atoms with van der Waals surface area (Å²) in [5.74, 6) is -1.05. The van der Waals surface area contributed by atoms with E-state index in [0.29, 0.717) is 0 Å². The number of carbonyl (C=O) groups is 1. The zero-order valence-corrected chi connectivity index (χ0v) is 10.2. The third kappa shape index (κ3) is 9.12.